The van der Waals surface area contributed by atoms with E-state index in [1.54, 1.807) is 23.0 Å². The van der Waals surface area contributed by atoms with E-state index < -0.39 is 0 Å². The molecule has 2 aromatic rings. The molecule has 66 valence electrons. The number of carbonyl (C=O) groups is 1. The third kappa shape index (κ3) is 2.02. The standard InChI is InChI=1S/C9H7NOS2/c11-9(7-1-2-12-5-7)3-8-4-10-6-13-8/h1-2,4-6H,3H2. The fraction of sp³-hybridized carbons (Fsp3) is 0.111. The smallest absolute Gasteiger partial charge is 0.168 e. The average molecular weight is 209 g/mol. The largest absolute Gasteiger partial charge is 0.294 e. The van der Waals surface area contributed by atoms with Crippen molar-refractivity contribution in [3.05, 3.63) is 39.0 Å². The molecule has 0 aromatic carbocycles. The van der Waals surface area contributed by atoms with Gasteiger partial charge in [0.15, 0.2) is 5.78 Å². The van der Waals surface area contributed by atoms with E-state index in [0.717, 1.165) is 10.4 Å². The summed E-state index contributed by atoms with van der Waals surface area (Å²) in [5.74, 6) is 0.172. The molecule has 0 aliphatic heterocycles. The SMILES string of the molecule is O=C(Cc1cncs1)c1ccsc1. The number of Topliss-reactive ketones (excluding diaryl/α,β-unsaturated/α-hetero) is 1. The third-order valence-corrected chi connectivity index (χ3v) is 3.12. The molecule has 0 radical (unpaired) electrons. The maximum Gasteiger partial charge on any atom is 0.168 e. The molecule has 0 unspecified atom stereocenters. The van der Waals surface area contributed by atoms with Gasteiger partial charge in [-0.15, -0.1) is 11.3 Å². The highest BCUT2D eigenvalue weighted by Gasteiger charge is 2.07. The molecule has 2 aromatic heterocycles. The molecule has 0 spiro atoms. The number of hydrogen-bond donors (Lipinski definition) is 0. The number of thiophene rings is 1. The molecule has 0 saturated heterocycles. The lowest BCUT2D eigenvalue weighted by Crippen LogP contribution is -1.99. The zero-order valence-corrected chi connectivity index (χ0v) is 8.40. The Bertz CT molecular complexity index is 378. The van der Waals surface area contributed by atoms with Crippen LogP contribution in [0.2, 0.25) is 0 Å². The number of nitrogens with zero attached hydrogens (tertiary/aromatic N) is 1. The monoisotopic (exact) mass is 209 g/mol. The van der Waals surface area contributed by atoms with E-state index in [9.17, 15) is 4.79 Å². The first-order valence-corrected chi connectivity index (χ1v) is 5.61. The summed E-state index contributed by atoms with van der Waals surface area (Å²) in [7, 11) is 0. The Labute approximate surface area is 83.9 Å². The van der Waals surface area contributed by atoms with Crippen LogP contribution in [-0.4, -0.2) is 10.8 Å². The molecule has 0 atom stereocenters. The number of ketones is 1. The van der Waals surface area contributed by atoms with Crippen LogP contribution in [0.25, 0.3) is 0 Å². The van der Waals surface area contributed by atoms with Gasteiger partial charge in [-0.3, -0.25) is 9.78 Å². The van der Waals surface area contributed by atoms with Gasteiger partial charge in [-0.25, -0.2) is 0 Å². The van der Waals surface area contributed by atoms with Gasteiger partial charge in [0.25, 0.3) is 0 Å². The molecule has 0 fully saturated rings. The maximum atomic E-state index is 11.6. The number of carbonyl (C=O) groups excluding carboxylic acids is 1. The summed E-state index contributed by atoms with van der Waals surface area (Å²) < 4.78 is 0. The van der Waals surface area contributed by atoms with Crippen molar-refractivity contribution < 1.29 is 4.79 Å². The summed E-state index contributed by atoms with van der Waals surface area (Å²) in [6.45, 7) is 0. The van der Waals surface area contributed by atoms with Crippen molar-refractivity contribution in [3.63, 3.8) is 0 Å². The molecule has 0 aliphatic carbocycles. The van der Waals surface area contributed by atoms with Crippen LogP contribution in [0.15, 0.2) is 28.5 Å². The van der Waals surface area contributed by atoms with Crippen molar-refractivity contribution in [2.45, 2.75) is 6.42 Å². The van der Waals surface area contributed by atoms with Crippen molar-refractivity contribution in [1.29, 1.82) is 0 Å². The van der Waals surface area contributed by atoms with E-state index in [2.05, 4.69) is 4.98 Å². The highest BCUT2D eigenvalue weighted by Crippen LogP contribution is 2.12. The average Bonchev–Trinajstić information content (AvgIpc) is 2.74. The van der Waals surface area contributed by atoms with Crippen molar-refractivity contribution >= 4 is 28.5 Å². The number of rotatable bonds is 3. The Morgan fingerprint density at radius 3 is 3.08 bits per heavy atom. The summed E-state index contributed by atoms with van der Waals surface area (Å²) in [5, 5.41) is 3.79. The molecule has 0 amide bonds. The number of hydrogen-bond acceptors (Lipinski definition) is 4. The van der Waals surface area contributed by atoms with Crippen LogP contribution in [0.5, 0.6) is 0 Å². The lowest BCUT2D eigenvalue weighted by atomic mass is 10.1. The topological polar surface area (TPSA) is 30.0 Å². The fourth-order valence-corrected chi connectivity index (χ4v) is 2.27. The molecular weight excluding hydrogens is 202 g/mol. The van der Waals surface area contributed by atoms with Crippen LogP contribution >= 0.6 is 22.7 Å². The summed E-state index contributed by atoms with van der Waals surface area (Å²) in [6, 6.07) is 1.86. The van der Waals surface area contributed by atoms with Gasteiger partial charge in [-0.2, -0.15) is 11.3 Å². The zero-order chi connectivity index (χ0) is 9.10. The summed E-state index contributed by atoms with van der Waals surface area (Å²) in [5.41, 5.74) is 2.55. The van der Waals surface area contributed by atoms with Crippen molar-refractivity contribution in [1.82, 2.24) is 4.98 Å². The molecular formula is C9H7NOS2. The second-order valence-electron chi connectivity index (χ2n) is 2.58. The van der Waals surface area contributed by atoms with Crippen molar-refractivity contribution in [3.8, 4) is 0 Å². The Kier molecular flexibility index (Phi) is 2.52. The minimum atomic E-state index is 0.172. The number of aromatic nitrogens is 1. The summed E-state index contributed by atoms with van der Waals surface area (Å²) in [6.07, 6.45) is 2.22. The summed E-state index contributed by atoms with van der Waals surface area (Å²) >= 11 is 3.07. The molecule has 0 bridgehead atoms. The van der Waals surface area contributed by atoms with E-state index in [1.807, 2.05) is 16.8 Å². The van der Waals surface area contributed by atoms with Crippen LogP contribution in [0.1, 0.15) is 15.2 Å². The Balaban J connectivity index is 2.08. The van der Waals surface area contributed by atoms with Crippen molar-refractivity contribution in [2.24, 2.45) is 0 Å². The predicted octanol–water partition coefficient (Wildman–Crippen LogP) is 2.63. The van der Waals surface area contributed by atoms with E-state index >= 15 is 0 Å². The molecule has 0 saturated carbocycles. The van der Waals surface area contributed by atoms with Crippen LogP contribution < -0.4 is 0 Å². The van der Waals surface area contributed by atoms with Gasteiger partial charge >= 0.3 is 0 Å². The van der Waals surface area contributed by atoms with Crippen LogP contribution in [-0.2, 0) is 6.42 Å². The van der Waals surface area contributed by atoms with E-state index in [1.165, 1.54) is 11.3 Å². The molecule has 4 heteroatoms. The van der Waals surface area contributed by atoms with Gasteiger partial charge in [-0.05, 0) is 11.4 Å². The second-order valence-corrected chi connectivity index (χ2v) is 4.33. The first-order chi connectivity index (χ1) is 6.36. The predicted molar refractivity (Wildman–Crippen MR) is 54.5 cm³/mol. The Morgan fingerprint density at radius 2 is 2.46 bits per heavy atom. The van der Waals surface area contributed by atoms with Gasteiger partial charge < -0.3 is 0 Å². The Hall–Kier alpha value is -1.00. The van der Waals surface area contributed by atoms with Crippen LogP contribution in [0.3, 0.4) is 0 Å². The molecule has 2 rings (SSSR count). The zero-order valence-electron chi connectivity index (χ0n) is 6.77. The normalized spacial score (nSPS) is 10.2. The maximum absolute atomic E-state index is 11.6. The van der Waals surface area contributed by atoms with Gasteiger partial charge in [0.1, 0.15) is 0 Å². The van der Waals surface area contributed by atoms with E-state index in [4.69, 9.17) is 0 Å². The van der Waals surface area contributed by atoms with Gasteiger partial charge in [0.05, 0.1) is 5.51 Å². The lowest BCUT2D eigenvalue weighted by molar-refractivity contribution is 0.0994. The second kappa shape index (κ2) is 3.81. The van der Waals surface area contributed by atoms with Gasteiger partial charge in [0.2, 0.25) is 0 Å². The van der Waals surface area contributed by atoms with Gasteiger partial charge in [-0.1, -0.05) is 0 Å². The third-order valence-electron chi connectivity index (χ3n) is 1.66. The molecule has 0 N–H and O–H groups in total. The quantitative estimate of drug-likeness (QED) is 0.727. The minimum Gasteiger partial charge on any atom is -0.294 e. The fourth-order valence-electron chi connectivity index (χ4n) is 1.01. The first kappa shape index (κ1) is 8.59. The van der Waals surface area contributed by atoms with E-state index in [-0.39, 0.29) is 5.78 Å². The minimum absolute atomic E-state index is 0.172. The number of thiazole rings is 1. The van der Waals surface area contributed by atoms with Crippen LogP contribution in [0.4, 0.5) is 0 Å². The highest BCUT2D eigenvalue weighted by molar-refractivity contribution is 7.09. The molecule has 2 nitrogen and oxygen atoms in total. The lowest BCUT2D eigenvalue weighted by Gasteiger charge is -1.92. The Morgan fingerprint density at radius 1 is 1.54 bits per heavy atom. The molecule has 2 heterocycles. The molecule has 0 aliphatic rings. The van der Waals surface area contributed by atoms with Crippen LogP contribution in [0, 0.1) is 0 Å². The highest BCUT2D eigenvalue weighted by atomic mass is 32.1. The first-order valence-electron chi connectivity index (χ1n) is 3.79. The van der Waals surface area contributed by atoms with E-state index in [0.29, 0.717) is 6.42 Å². The molecule has 13 heavy (non-hydrogen) atoms. The van der Waals surface area contributed by atoms with Gasteiger partial charge in [0, 0.05) is 28.4 Å². The summed E-state index contributed by atoms with van der Waals surface area (Å²) in [4.78, 5) is 16.5. The van der Waals surface area contributed by atoms with Crippen molar-refractivity contribution in [2.75, 3.05) is 0 Å².